The summed E-state index contributed by atoms with van der Waals surface area (Å²) in [5, 5.41) is 0. The van der Waals surface area contributed by atoms with Gasteiger partial charge < -0.3 is 10.3 Å². The zero-order valence-electron chi connectivity index (χ0n) is 9.17. The van der Waals surface area contributed by atoms with Gasteiger partial charge in [-0.15, -0.1) is 0 Å². The summed E-state index contributed by atoms with van der Waals surface area (Å²) in [6, 6.07) is 9.98. The van der Waals surface area contributed by atoms with Gasteiger partial charge in [0.2, 0.25) is 0 Å². The van der Waals surface area contributed by atoms with Gasteiger partial charge in [0.1, 0.15) is 0 Å². The molecule has 0 aliphatic heterocycles. The van der Waals surface area contributed by atoms with Gasteiger partial charge in [-0.05, 0) is 25.3 Å². The number of nitrogens with zero attached hydrogens (tertiary/aromatic N) is 2. The Hall–Kier alpha value is -1.93. The van der Waals surface area contributed by atoms with Crippen LogP contribution < -0.4 is 0 Å². The quantitative estimate of drug-likeness (QED) is 0.327. The van der Waals surface area contributed by atoms with E-state index >= 15 is 0 Å². The number of carbonyl (C=O) groups is 1. The number of rotatable bonds is 5. The second-order valence-electron chi connectivity index (χ2n) is 3.52. The van der Waals surface area contributed by atoms with E-state index in [1.807, 2.05) is 37.3 Å². The molecule has 0 aromatic heterocycles. The van der Waals surface area contributed by atoms with Crippen LogP contribution in [0, 0.1) is 0 Å². The van der Waals surface area contributed by atoms with Crippen LogP contribution in [-0.4, -0.2) is 23.1 Å². The van der Waals surface area contributed by atoms with Crippen LogP contribution in [0.5, 0.6) is 0 Å². The molecule has 0 amide bonds. The molecule has 0 bridgehead atoms. The van der Waals surface area contributed by atoms with Crippen LogP contribution in [0.2, 0.25) is 0 Å². The van der Waals surface area contributed by atoms with E-state index in [9.17, 15) is 4.79 Å². The van der Waals surface area contributed by atoms with Gasteiger partial charge in [-0.25, -0.2) is 4.79 Å². The third-order valence-electron chi connectivity index (χ3n) is 2.16. The van der Waals surface area contributed by atoms with Gasteiger partial charge in [0.05, 0.1) is 6.10 Å². The molecule has 0 saturated heterocycles. The molecule has 0 heterocycles. The number of esters is 1. The van der Waals surface area contributed by atoms with Crippen LogP contribution >= 0.6 is 0 Å². The largest absolute Gasteiger partial charge is 0.454 e. The monoisotopic (exact) mass is 218 g/mol. The third kappa shape index (κ3) is 4.53. The van der Waals surface area contributed by atoms with Crippen LogP contribution in [0.4, 0.5) is 0 Å². The maximum absolute atomic E-state index is 10.9. The average Bonchev–Trinajstić information content (AvgIpc) is 2.28. The molecule has 0 aliphatic rings. The van der Waals surface area contributed by atoms with Gasteiger partial charge in [0.25, 0.3) is 0 Å². The number of hydrogen-bond acceptors (Lipinski definition) is 2. The lowest BCUT2D eigenvalue weighted by Gasteiger charge is -2.10. The summed E-state index contributed by atoms with van der Waals surface area (Å²) in [5.41, 5.74) is 9.34. The van der Waals surface area contributed by atoms with E-state index < -0.39 is 5.97 Å². The SMILES string of the molecule is CC(CCc1ccccc1)OC(=O)C=[N+]=[N-]. The van der Waals surface area contributed by atoms with Crippen molar-refractivity contribution >= 4 is 12.2 Å². The summed E-state index contributed by atoms with van der Waals surface area (Å²) in [4.78, 5) is 13.5. The Balaban J connectivity index is 2.33. The fourth-order valence-electron chi connectivity index (χ4n) is 1.35. The van der Waals surface area contributed by atoms with Gasteiger partial charge in [-0.3, -0.25) is 0 Å². The predicted octanol–water partition coefficient (Wildman–Crippen LogP) is 1.85. The van der Waals surface area contributed by atoms with Crippen molar-refractivity contribution in [3.63, 3.8) is 0 Å². The lowest BCUT2D eigenvalue weighted by Crippen LogP contribution is -2.16. The fourth-order valence-corrected chi connectivity index (χ4v) is 1.35. The number of ether oxygens (including phenoxy) is 1. The Morgan fingerprint density at radius 1 is 1.50 bits per heavy atom. The van der Waals surface area contributed by atoms with Crippen molar-refractivity contribution < 1.29 is 14.3 Å². The normalized spacial score (nSPS) is 11.3. The molecule has 1 atom stereocenters. The van der Waals surface area contributed by atoms with Crippen molar-refractivity contribution in [1.29, 1.82) is 0 Å². The standard InChI is InChI=1S/C12H14N2O2/c1-10(16-12(15)9-14-13)7-8-11-5-3-2-4-6-11/h2-6,9-10H,7-8H2,1H3. The first-order valence-electron chi connectivity index (χ1n) is 5.14. The highest BCUT2D eigenvalue weighted by atomic mass is 16.5. The van der Waals surface area contributed by atoms with Gasteiger partial charge in [0.15, 0.2) is 0 Å². The van der Waals surface area contributed by atoms with Crippen molar-refractivity contribution in [1.82, 2.24) is 0 Å². The highest BCUT2D eigenvalue weighted by Gasteiger charge is 2.10. The van der Waals surface area contributed by atoms with E-state index in [-0.39, 0.29) is 6.10 Å². The smallest absolute Gasteiger partial charge is 0.413 e. The Bertz CT molecular complexity index is 383. The van der Waals surface area contributed by atoms with E-state index in [2.05, 4.69) is 4.79 Å². The van der Waals surface area contributed by atoms with Crippen molar-refractivity contribution in [2.45, 2.75) is 25.9 Å². The Kier molecular flexibility index (Phi) is 4.96. The molecular formula is C12H14N2O2. The molecule has 0 aliphatic carbocycles. The number of hydrogen-bond donors (Lipinski definition) is 0. The topological polar surface area (TPSA) is 62.7 Å². The molecule has 4 nitrogen and oxygen atoms in total. The predicted molar refractivity (Wildman–Crippen MR) is 60.0 cm³/mol. The van der Waals surface area contributed by atoms with Crippen LogP contribution in [0.25, 0.3) is 5.53 Å². The van der Waals surface area contributed by atoms with Crippen LogP contribution in [0.1, 0.15) is 18.9 Å². The molecule has 0 radical (unpaired) electrons. The molecule has 0 saturated carbocycles. The summed E-state index contributed by atoms with van der Waals surface area (Å²) >= 11 is 0. The molecule has 0 spiro atoms. The van der Waals surface area contributed by atoms with Gasteiger partial charge in [-0.1, -0.05) is 30.3 Å². The summed E-state index contributed by atoms with van der Waals surface area (Å²) in [6.45, 7) is 1.81. The van der Waals surface area contributed by atoms with E-state index in [1.165, 1.54) is 5.56 Å². The highest BCUT2D eigenvalue weighted by Crippen LogP contribution is 2.06. The van der Waals surface area contributed by atoms with E-state index in [0.717, 1.165) is 19.1 Å². The van der Waals surface area contributed by atoms with E-state index in [4.69, 9.17) is 10.3 Å². The number of aryl methyl sites for hydroxylation is 1. The van der Waals surface area contributed by atoms with Crippen LogP contribution in [-0.2, 0) is 16.0 Å². The Labute approximate surface area is 94.5 Å². The van der Waals surface area contributed by atoms with E-state index in [0.29, 0.717) is 0 Å². The van der Waals surface area contributed by atoms with E-state index in [1.54, 1.807) is 0 Å². The van der Waals surface area contributed by atoms with Crippen molar-refractivity contribution in [2.24, 2.45) is 0 Å². The Morgan fingerprint density at radius 2 is 2.19 bits per heavy atom. The first-order valence-corrected chi connectivity index (χ1v) is 5.14. The van der Waals surface area contributed by atoms with Crippen molar-refractivity contribution in [2.75, 3.05) is 0 Å². The summed E-state index contributed by atoms with van der Waals surface area (Å²) in [7, 11) is 0. The minimum Gasteiger partial charge on any atom is -0.454 e. The molecule has 84 valence electrons. The van der Waals surface area contributed by atoms with Crippen LogP contribution in [0.15, 0.2) is 30.3 Å². The summed E-state index contributed by atoms with van der Waals surface area (Å²) in [5.74, 6) is -0.622. The zero-order valence-corrected chi connectivity index (χ0v) is 9.17. The molecule has 1 rings (SSSR count). The molecule has 1 aromatic rings. The molecule has 4 heteroatoms. The third-order valence-corrected chi connectivity index (χ3v) is 2.16. The molecule has 16 heavy (non-hydrogen) atoms. The van der Waals surface area contributed by atoms with Gasteiger partial charge in [0, 0.05) is 0 Å². The molecule has 1 aromatic carbocycles. The summed E-state index contributed by atoms with van der Waals surface area (Å²) < 4.78 is 4.96. The Morgan fingerprint density at radius 3 is 2.81 bits per heavy atom. The summed E-state index contributed by atoms with van der Waals surface area (Å²) in [6.07, 6.45) is 2.16. The number of carbonyl (C=O) groups excluding carboxylic acids is 1. The average molecular weight is 218 g/mol. The highest BCUT2D eigenvalue weighted by molar-refractivity contribution is 6.20. The molecule has 0 fully saturated rings. The second-order valence-corrected chi connectivity index (χ2v) is 3.52. The maximum atomic E-state index is 10.9. The van der Waals surface area contributed by atoms with Crippen molar-refractivity contribution in [3.05, 3.63) is 41.4 Å². The fraction of sp³-hybridized carbons (Fsp3) is 0.333. The lowest BCUT2D eigenvalue weighted by atomic mass is 10.1. The minimum atomic E-state index is -0.622. The van der Waals surface area contributed by atoms with Gasteiger partial charge >= 0.3 is 12.2 Å². The first kappa shape index (κ1) is 12.1. The molecular weight excluding hydrogens is 204 g/mol. The van der Waals surface area contributed by atoms with Crippen molar-refractivity contribution in [3.8, 4) is 0 Å². The molecule has 1 unspecified atom stereocenters. The lowest BCUT2D eigenvalue weighted by molar-refractivity contribution is -0.143. The molecule has 0 N–H and O–H groups in total. The minimum absolute atomic E-state index is 0.189. The second kappa shape index (κ2) is 6.53. The number of benzene rings is 1. The maximum Gasteiger partial charge on any atom is 0.413 e. The van der Waals surface area contributed by atoms with Crippen LogP contribution in [0.3, 0.4) is 0 Å². The zero-order chi connectivity index (χ0) is 11.8. The van der Waals surface area contributed by atoms with Gasteiger partial charge in [-0.2, -0.15) is 4.79 Å². The first-order chi connectivity index (χ1) is 7.72.